The molecule has 0 atom stereocenters. The van der Waals surface area contributed by atoms with Crippen LogP contribution in [0.2, 0.25) is 0 Å². The zero-order chi connectivity index (χ0) is 14.3. The fourth-order valence-electron chi connectivity index (χ4n) is 1.11. The summed E-state index contributed by atoms with van der Waals surface area (Å²) >= 11 is 0. The number of nitrogen functional groups attached to an aromatic ring is 1. The molecule has 108 valence electrons. The quantitative estimate of drug-likeness (QED) is 0.769. The van der Waals surface area contributed by atoms with Crippen LogP contribution in [-0.4, -0.2) is 34.3 Å². The molecule has 0 aliphatic heterocycles. The maximum absolute atomic E-state index is 11.9. The Morgan fingerprint density at radius 2 is 1.63 bits per heavy atom. The van der Waals surface area contributed by atoms with Crippen molar-refractivity contribution in [1.29, 1.82) is 0 Å². The zero-order valence-corrected chi connectivity index (χ0v) is 10.4. The molecule has 0 unspecified atom stereocenters. The minimum Gasteiger partial charge on any atom is -0.463 e. The lowest BCUT2D eigenvalue weighted by Gasteiger charge is -2.08. The molecule has 6 nitrogen and oxygen atoms in total. The second-order valence-electron chi connectivity index (χ2n) is 3.67. The van der Waals surface area contributed by atoms with Gasteiger partial charge in [0.2, 0.25) is 5.95 Å². The summed E-state index contributed by atoms with van der Waals surface area (Å²) in [5.74, 6) is -0.105. The van der Waals surface area contributed by atoms with Crippen molar-refractivity contribution in [2.75, 3.05) is 18.9 Å². The molecule has 0 bridgehead atoms. The number of aromatic nitrogens is 3. The third-order valence-corrected chi connectivity index (χ3v) is 1.88. The van der Waals surface area contributed by atoms with Gasteiger partial charge in [-0.25, -0.2) is 0 Å². The fraction of sp³-hybridized carbons (Fsp3) is 0.700. The summed E-state index contributed by atoms with van der Waals surface area (Å²) < 4.78 is 45.9. The number of ether oxygens (including phenoxy) is 2. The number of halogens is 3. The molecule has 0 saturated carbocycles. The van der Waals surface area contributed by atoms with Crippen LogP contribution in [0.3, 0.4) is 0 Å². The van der Waals surface area contributed by atoms with Crippen LogP contribution < -0.4 is 15.2 Å². The first-order valence-corrected chi connectivity index (χ1v) is 5.74. The van der Waals surface area contributed by atoms with E-state index >= 15 is 0 Å². The summed E-state index contributed by atoms with van der Waals surface area (Å²) in [6, 6.07) is -0.138. The van der Waals surface area contributed by atoms with Crippen LogP contribution >= 0.6 is 0 Å². The third kappa shape index (κ3) is 6.63. The van der Waals surface area contributed by atoms with Gasteiger partial charge in [-0.3, -0.25) is 0 Å². The maximum Gasteiger partial charge on any atom is 0.389 e. The molecule has 0 fully saturated rings. The molecule has 2 N–H and O–H groups in total. The van der Waals surface area contributed by atoms with Gasteiger partial charge in [0.05, 0.1) is 13.2 Å². The van der Waals surface area contributed by atoms with Gasteiger partial charge in [-0.05, 0) is 12.8 Å². The molecule has 0 spiro atoms. The first kappa shape index (κ1) is 15.3. The fourth-order valence-corrected chi connectivity index (χ4v) is 1.11. The molecule has 0 aliphatic rings. The average molecular weight is 280 g/mol. The number of anilines is 1. The van der Waals surface area contributed by atoms with E-state index in [0.717, 1.165) is 6.42 Å². The van der Waals surface area contributed by atoms with Gasteiger partial charge in [-0.15, -0.1) is 4.98 Å². The van der Waals surface area contributed by atoms with Gasteiger partial charge in [0.15, 0.2) is 0 Å². The summed E-state index contributed by atoms with van der Waals surface area (Å²) in [5, 5.41) is 0. The van der Waals surface area contributed by atoms with Crippen molar-refractivity contribution in [3.8, 4) is 12.0 Å². The lowest BCUT2D eigenvalue weighted by atomic mass is 10.3. The summed E-state index contributed by atoms with van der Waals surface area (Å²) in [6.45, 7) is 2.15. The monoisotopic (exact) mass is 280 g/mol. The van der Waals surface area contributed by atoms with Crippen molar-refractivity contribution < 1.29 is 22.6 Å². The van der Waals surface area contributed by atoms with E-state index in [2.05, 4.69) is 15.0 Å². The Kier molecular flexibility index (Phi) is 5.58. The van der Waals surface area contributed by atoms with Crippen LogP contribution in [0.4, 0.5) is 19.1 Å². The Morgan fingerprint density at radius 1 is 1.05 bits per heavy atom. The van der Waals surface area contributed by atoms with Crippen LogP contribution in [0.5, 0.6) is 12.0 Å². The van der Waals surface area contributed by atoms with Crippen LogP contribution in [0.1, 0.15) is 26.2 Å². The van der Waals surface area contributed by atoms with Crippen molar-refractivity contribution in [1.82, 2.24) is 15.0 Å². The molecule has 1 heterocycles. The topological polar surface area (TPSA) is 83.2 Å². The first-order chi connectivity index (χ1) is 8.90. The predicted octanol–water partition coefficient (Wildman–Crippen LogP) is 1.96. The predicted molar refractivity (Wildman–Crippen MR) is 60.8 cm³/mol. The summed E-state index contributed by atoms with van der Waals surface area (Å²) in [6.07, 6.45) is -4.54. The number of alkyl halides is 3. The number of hydrogen-bond donors (Lipinski definition) is 1. The number of rotatable bonds is 7. The highest BCUT2D eigenvalue weighted by molar-refractivity contribution is 5.20. The molecule has 0 radical (unpaired) electrons. The maximum atomic E-state index is 11.9. The van der Waals surface area contributed by atoms with E-state index in [4.69, 9.17) is 15.2 Å². The summed E-state index contributed by atoms with van der Waals surface area (Å²) in [7, 11) is 0. The van der Waals surface area contributed by atoms with Crippen LogP contribution in [0, 0.1) is 0 Å². The minimum atomic E-state index is -4.20. The van der Waals surface area contributed by atoms with Crippen LogP contribution in [0.15, 0.2) is 0 Å². The van der Waals surface area contributed by atoms with Gasteiger partial charge in [0, 0.05) is 6.42 Å². The van der Waals surface area contributed by atoms with Crippen molar-refractivity contribution in [3.63, 3.8) is 0 Å². The minimum absolute atomic E-state index is 0.000159. The number of hydrogen-bond acceptors (Lipinski definition) is 6. The van der Waals surface area contributed by atoms with Crippen molar-refractivity contribution in [2.24, 2.45) is 0 Å². The zero-order valence-electron chi connectivity index (χ0n) is 10.4. The molecule has 0 saturated heterocycles. The van der Waals surface area contributed by atoms with Crippen LogP contribution in [-0.2, 0) is 0 Å². The summed E-state index contributed by atoms with van der Waals surface area (Å²) in [4.78, 5) is 11.1. The standard InChI is InChI=1S/C10H15F3N4O2/c1-2-5-18-8-15-7(14)16-9(17-8)19-6-3-4-10(11,12)13/h2-6H2,1H3,(H2,14,15,16,17). The number of nitrogens with two attached hydrogens (primary N) is 1. The highest BCUT2D eigenvalue weighted by Gasteiger charge is 2.26. The largest absolute Gasteiger partial charge is 0.463 e. The molecular weight excluding hydrogens is 265 g/mol. The highest BCUT2D eigenvalue weighted by Crippen LogP contribution is 2.21. The molecule has 0 aromatic carbocycles. The smallest absolute Gasteiger partial charge is 0.389 e. The molecule has 0 aliphatic carbocycles. The van der Waals surface area contributed by atoms with Crippen molar-refractivity contribution >= 4 is 5.95 Å². The Morgan fingerprint density at radius 3 is 2.16 bits per heavy atom. The van der Waals surface area contributed by atoms with Crippen molar-refractivity contribution in [3.05, 3.63) is 0 Å². The van der Waals surface area contributed by atoms with E-state index in [1.54, 1.807) is 0 Å². The molecule has 9 heteroatoms. The molecule has 1 aromatic rings. The summed E-state index contributed by atoms with van der Waals surface area (Å²) in [5.41, 5.74) is 5.40. The second kappa shape index (κ2) is 6.95. The van der Waals surface area contributed by atoms with E-state index in [-0.39, 0.29) is 31.0 Å². The Balaban J connectivity index is 2.46. The van der Waals surface area contributed by atoms with Gasteiger partial charge < -0.3 is 15.2 Å². The Labute approximate surface area is 108 Å². The number of nitrogens with zero attached hydrogens (tertiary/aromatic N) is 3. The SMILES string of the molecule is CCCOc1nc(N)nc(OCCCC(F)(F)F)n1. The molecule has 1 aromatic heterocycles. The van der Waals surface area contributed by atoms with Gasteiger partial charge in [0.25, 0.3) is 0 Å². The Hall–Kier alpha value is -1.80. The van der Waals surface area contributed by atoms with E-state index in [1.807, 2.05) is 6.92 Å². The van der Waals surface area contributed by atoms with Gasteiger partial charge in [-0.1, -0.05) is 6.92 Å². The highest BCUT2D eigenvalue weighted by atomic mass is 19.4. The molecule has 0 amide bonds. The lowest BCUT2D eigenvalue weighted by molar-refractivity contribution is -0.136. The van der Waals surface area contributed by atoms with Gasteiger partial charge in [0.1, 0.15) is 0 Å². The van der Waals surface area contributed by atoms with Crippen LogP contribution in [0.25, 0.3) is 0 Å². The Bertz CT molecular complexity index is 401. The third-order valence-electron chi connectivity index (χ3n) is 1.88. The average Bonchev–Trinajstić information content (AvgIpc) is 2.30. The second-order valence-corrected chi connectivity index (χ2v) is 3.67. The van der Waals surface area contributed by atoms with Gasteiger partial charge in [-0.2, -0.15) is 23.1 Å². The van der Waals surface area contributed by atoms with Crippen molar-refractivity contribution in [2.45, 2.75) is 32.4 Å². The van der Waals surface area contributed by atoms with E-state index in [1.165, 1.54) is 0 Å². The molecular formula is C10H15F3N4O2. The van der Waals surface area contributed by atoms with E-state index < -0.39 is 12.6 Å². The normalized spacial score (nSPS) is 11.4. The molecule has 19 heavy (non-hydrogen) atoms. The van der Waals surface area contributed by atoms with E-state index in [9.17, 15) is 13.2 Å². The van der Waals surface area contributed by atoms with E-state index in [0.29, 0.717) is 6.61 Å². The lowest BCUT2D eigenvalue weighted by Crippen LogP contribution is -2.11. The van der Waals surface area contributed by atoms with Gasteiger partial charge >= 0.3 is 18.2 Å². The first-order valence-electron chi connectivity index (χ1n) is 5.74. The molecule has 1 rings (SSSR count).